The minimum Gasteiger partial charge on any atom is -0.329 e. The van der Waals surface area contributed by atoms with Gasteiger partial charge in [-0.05, 0) is 30.5 Å². The molecule has 0 unspecified atom stereocenters. The number of carbonyl (C=O) groups excluding carboxylic acids is 1. The fourth-order valence-electron chi connectivity index (χ4n) is 2.39. The Hall–Kier alpha value is -1.63. The van der Waals surface area contributed by atoms with Crippen molar-refractivity contribution < 1.29 is 4.79 Å². The summed E-state index contributed by atoms with van der Waals surface area (Å²) in [4.78, 5) is 16.4. The van der Waals surface area contributed by atoms with Gasteiger partial charge in [-0.15, -0.1) is 24.8 Å². The summed E-state index contributed by atoms with van der Waals surface area (Å²) in [5, 5.41) is 7.26. The first kappa shape index (κ1) is 22.4. The molecule has 0 aliphatic rings. The third kappa shape index (κ3) is 5.19. The van der Waals surface area contributed by atoms with Crippen LogP contribution in [0.3, 0.4) is 0 Å². The molecule has 0 aliphatic heterocycles. The summed E-state index contributed by atoms with van der Waals surface area (Å²) in [5.41, 5.74) is 6.39. The van der Waals surface area contributed by atoms with Gasteiger partial charge < -0.3 is 11.1 Å². The summed E-state index contributed by atoms with van der Waals surface area (Å²) >= 11 is 0. The molecule has 2 rings (SSSR count). The number of nitrogens with zero attached hydrogens (tertiary/aromatic N) is 3. The van der Waals surface area contributed by atoms with Gasteiger partial charge in [-0.25, -0.2) is 0 Å². The molecule has 24 heavy (non-hydrogen) atoms. The Labute approximate surface area is 155 Å². The Morgan fingerprint density at radius 3 is 2.38 bits per heavy atom. The van der Waals surface area contributed by atoms with E-state index in [9.17, 15) is 4.79 Å². The van der Waals surface area contributed by atoms with Crippen molar-refractivity contribution in [2.24, 2.45) is 11.1 Å². The van der Waals surface area contributed by atoms with Gasteiger partial charge in [0.25, 0.3) is 0 Å². The highest BCUT2D eigenvalue weighted by molar-refractivity contribution is 5.94. The SMILES string of the molecule is CCC(CC)(CN)C(=O)Nc1ccn(Cc2ccncc2)n1.Cl.Cl. The standard InChI is InChI=1S/C16H23N5O.2ClH/c1-3-16(4-2,12-17)15(22)19-14-7-10-21(20-14)11-13-5-8-18-9-6-13;;/h5-10H,3-4,11-12,17H2,1-2H3,(H,19,20,22);2*1H. The molecule has 0 saturated carbocycles. The van der Waals surface area contributed by atoms with Crippen molar-refractivity contribution in [2.75, 3.05) is 11.9 Å². The first-order valence-corrected chi connectivity index (χ1v) is 7.57. The van der Waals surface area contributed by atoms with E-state index in [0.29, 0.717) is 31.7 Å². The lowest BCUT2D eigenvalue weighted by molar-refractivity contribution is -0.125. The summed E-state index contributed by atoms with van der Waals surface area (Å²) in [5.74, 6) is 0.493. The Bertz CT molecular complexity index is 606. The van der Waals surface area contributed by atoms with E-state index in [0.717, 1.165) is 5.56 Å². The maximum Gasteiger partial charge on any atom is 0.233 e. The van der Waals surface area contributed by atoms with Gasteiger partial charge in [-0.1, -0.05) is 13.8 Å². The number of halogens is 2. The van der Waals surface area contributed by atoms with E-state index < -0.39 is 5.41 Å². The van der Waals surface area contributed by atoms with Gasteiger partial charge in [0.2, 0.25) is 5.91 Å². The van der Waals surface area contributed by atoms with Gasteiger partial charge in [0, 0.05) is 31.2 Å². The highest BCUT2D eigenvalue weighted by Gasteiger charge is 2.33. The molecule has 2 heterocycles. The Kier molecular flexibility index (Phi) is 9.58. The molecule has 134 valence electrons. The summed E-state index contributed by atoms with van der Waals surface area (Å²) in [6.45, 7) is 4.95. The largest absolute Gasteiger partial charge is 0.329 e. The van der Waals surface area contributed by atoms with E-state index in [1.807, 2.05) is 32.2 Å². The summed E-state index contributed by atoms with van der Waals surface area (Å²) in [6.07, 6.45) is 6.77. The molecule has 6 nitrogen and oxygen atoms in total. The lowest BCUT2D eigenvalue weighted by atomic mass is 9.81. The van der Waals surface area contributed by atoms with Crippen LogP contribution in [-0.2, 0) is 11.3 Å². The van der Waals surface area contributed by atoms with Crippen molar-refractivity contribution >= 4 is 36.5 Å². The van der Waals surface area contributed by atoms with Crippen LogP contribution in [0, 0.1) is 5.41 Å². The van der Waals surface area contributed by atoms with Crippen molar-refractivity contribution in [1.29, 1.82) is 0 Å². The number of anilines is 1. The second-order valence-corrected chi connectivity index (χ2v) is 5.40. The number of pyridine rings is 1. The maximum atomic E-state index is 12.4. The van der Waals surface area contributed by atoms with Crippen molar-refractivity contribution in [3.8, 4) is 0 Å². The van der Waals surface area contributed by atoms with Crippen molar-refractivity contribution in [3.05, 3.63) is 42.4 Å². The Morgan fingerprint density at radius 2 is 1.83 bits per heavy atom. The summed E-state index contributed by atoms with van der Waals surface area (Å²) < 4.78 is 1.78. The van der Waals surface area contributed by atoms with Crippen LogP contribution in [0.1, 0.15) is 32.3 Å². The van der Waals surface area contributed by atoms with E-state index in [4.69, 9.17) is 5.73 Å². The van der Waals surface area contributed by atoms with Crippen molar-refractivity contribution in [2.45, 2.75) is 33.2 Å². The van der Waals surface area contributed by atoms with Crippen LogP contribution in [0.15, 0.2) is 36.8 Å². The van der Waals surface area contributed by atoms with Crippen molar-refractivity contribution in [1.82, 2.24) is 14.8 Å². The molecule has 0 fully saturated rings. The van der Waals surface area contributed by atoms with E-state index in [2.05, 4.69) is 15.4 Å². The number of nitrogens with two attached hydrogens (primary N) is 1. The fourth-order valence-corrected chi connectivity index (χ4v) is 2.39. The second-order valence-electron chi connectivity index (χ2n) is 5.40. The van der Waals surface area contributed by atoms with Gasteiger partial charge in [-0.3, -0.25) is 14.5 Å². The molecule has 3 N–H and O–H groups in total. The highest BCUT2D eigenvalue weighted by Crippen LogP contribution is 2.26. The third-order valence-electron chi connectivity index (χ3n) is 4.20. The van der Waals surface area contributed by atoms with E-state index in [-0.39, 0.29) is 30.7 Å². The number of nitrogens with one attached hydrogen (secondary N) is 1. The molecular formula is C16H25Cl2N5O. The zero-order valence-corrected chi connectivity index (χ0v) is 15.6. The van der Waals surface area contributed by atoms with Crippen LogP contribution in [0.5, 0.6) is 0 Å². The van der Waals surface area contributed by atoms with Crippen LogP contribution < -0.4 is 11.1 Å². The van der Waals surface area contributed by atoms with Gasteiger partial charge >= 0.3 is 0 Å². The molecule has 0 spiro atoms. The molecule has 2 aromatic heterocycles. The quantitative estimate of drug-likeness (QED) is 0.780. The molecule has 0 bridgehead atoms. The van der Waals surface area contributed by atoms with Crippen LogP contribution in [-0.4, -0.2) is 27.2 Å². The normalized spacial score (nSPS) is 10.5. The minimum atomic E-state index is -0.519. The number of carbonyl (C=O) groups is 1. The molecule has 1 amide bonds. The second kappa shape index (κ2) is 10.3. The maximum absolute atomic E-state index is 12.4. The Balaban J connectivity index is 0.00000264. The molecular weight excluding hydrogens is 349 g/mol. The summed E-state index contributed by atoms with van der Waals surface area (Å²) in [7, 11) is 0. The van der Waals surface area contributed by atoms with Crippen LogP contribution in [0.4, 0.5) is 5.82 Å². The molecule has 8 heteroatoms. The average molecular weight is 374 g/mol. The Morgan fingerprint density at radius 1 is 1.21 bits per heavy atom. The van der Waals surface area contributed by atoms with Crippen molar-refractivity contribution in [3.63, 3.8) is 0 Å². The molecule has 0 atom stereocenters. The third-order valence-corrected chi connectivity index (χ3v) is 4.20. The molecule has 0 aromatic carbocycles. The number of amides is 1. The highest BCUT2D eigenvalue weighted by atomic mass is 35.5. The monoisotopic (exact) mass is 373 g/mol. The zero-order valence-electron chi connectivity index (χ0n) is 13.9. The molecule has 0 aliphatic carbocycles. The topological polar surface area (TPSA) is 85.8 Å². The van der Waals surface area contributed by atoms with E-state index in [1.54, 1.807) is 23.1 Å². The van der Waals surface area contributed by atoms with Crippen LogP contribution >= 0.6 is 24.8 Å². The number of aromatic nitrogens is 3. The van der Waals surface area contributed by atoms with Gasteiger partial charge in [0.1, 0.15) is 0 Å². The summed E-state index contributed by atoms with van der Waals surface area (Å²) in [6, 6.07) is 5.67. The molecule has 0 radical (unpaired) electrons. The first-order chi connectivity index (χ1) is 10.6. The zero-order chi connectivity index (χ0) is 16.0. The lowest BCUT2D eigenvalue weighted by Gasteiger charge is -2.27. The fraction of sp³-hybridized carbons (Fsp3) is 0.438. The van der Waals surface area contributed by atoms with Crippen LogP contribution in [0.25, 0.3) is 0 Å². The van der Waals surface area contributed by atoms with Gasteiger partial charge in [0.05, 0.1) is 12.0 Å². The van der Waals surface area contributed by atoms with Crippen LogP contribution in [0.2, 0.25) is 0 Å². The molecule has 0 saturated heterocycles. The number of hydrogen-bond donors (Lipinski definition) is 2. The van der Waals surface area contributed by atoms with E-state index >= 15 is 0 Å². The van der Waals surface area contributed by atoms with Gasteiger partial charge in [-0.2, -0.15) is 5.10 Å². The number of rotatable bonds is 7. The van der Waals surface area contributed by atoms with Gasteiger partial charge in [0.15, 0.2) is 5.82 Å². The average Bonchev–Trinajstić information content (AvgIpc) is 2.97. The minimum absolute atomic E-state index is 0. The van der Waals surface area contributed by atoms with E-state index in [1.165, 1.54) is 0 Å². The smallest absolute Gasteiger partial charge is 0.233 e. The number of hydrogen-bond acceptors (Lipinski definition) is 4. The first-order valence-electron chi connectivity index (χ1n) is 7.57. The molecule has 2 aromatic rings. The predicted octanol–water partition coefficient (Wildman–Crippen LogP) is 2.87. The predicted molar refractivity (Wildman–Crippen MR) is 101 cm³/mol. The lowest BCUT2D eigenvalue weighted by Crippen LogP contribution is -2.41.